The average Bonchev–Trinajstić information content (AvgIpc) is 2.47. The molecule has 0 amide bonds. The second kappa shape index (κ2) is 6.92. The zero-order valence-electron chi connectivity index (χ0n) is 12.4. The van der Waals surface area contributed by atoms with Crippen molar-refractivity contribution in [1.82, 2.24) is 10.2 Å². The van der Waals surface area contributed by atoms with E-state index < -0.39 is 0 Å². The Morgan fingerprint density at radius 1 is 1.37 bits per heavy atom. The third kappa shape index (κ3) is 3.71. The average molecular weight is 262 g/mol. The third-order valence-electron chi connectivity index (χ3n) is 4.07. The molecule has 2 unspecified atom stereocenters. The summed E-state index contributed by atoms with van der Waals surface area (Å²) in [4.78, 5) is 2.58. The Kier molecular flexibility index (Phi) is 5.23. The van der Waals surface area contributed by atoms with Crippen LogP contribution < -0.4 is 10.1 Å². The van der Waals surface area contributed by atoms with E-state index in [2.05, 4.69) is 48.3 Å². The topological polar surface area (TPSA) is 24.5 Å². The molecule has 0 radical (unpaired) electrons. The molecule has 19 heavy (non-hydrogen) atoms. The molecule has 1 aromatic rings. The summed E-state index contributed by atoms with van der Waals surface area (Å²) in [6.07, 6.45) is 2.52. The van der Waals surface area contributed by atoms with Crippen LogP contribution in [0, 0.1) is 0 Å². The highest BCUT2D eigenvalue weighted by Crippen LogP contribution is 2.24. The van der Waals surface area contributed by atoms with Gasteiger partial charge in [-0.3, -0.25) is 4.90 Å². The van der Waals surface area contributed by atoms with Gasteiger partial charge in [0.15, 0.2) is 0 Å². The van der Waals surface area contributed by atoms with E-state index in [9.17, 15) is 0 Å². The lowest BCUT2D eigenvalue weighted by molar-refractivity contribution is 0.149. The fraction of sp³-hybridized carbons (Fsp3) is 0.625. The number of hydrogen-bond donors (Lipinski definition) is 1. The van der Waals surface area contributed by atoms with Crippen LogP contribution in [0.25, 0.3) is 0 Å². The maximum Gasteiger partial charge on any atom is 0.118 e. The van der Waals surface area contributed by atoms with Gasteiger partial charge in [-0.1, -0.05) is 25.5 Å². The molecule has 3 nitrogen and oxygen atoms in total. The lowest BCUT2D eigenvalue weighted by Gasteiger charge is -2.37. The highest BCUT2D eigenvalue weighted by atomic mass is 16.5. The van der Waals surface area contributed by atoms with Crippen molar-refractivity contribution >= 4 is 0 Å². The van der Waals surface area contributed by atoms with Crippen LogP contribution in [0.5, 0.6) is 5.75 Å². The van der Waals surface area contributed by atoms with Crippen molar-refractivity contribution < 1.29 is 4.74 Å². The minimum Gasteiger partial charge on any atom is -0.497 e. The molecular formula is C16H26N2O. The zero-order chi connectivity index (χ0) is 13.7. The van der Waals surface area contributed by atoms with Crippen molar-refractivity contribution in [3.05, 3.63) is 29.8 Å². The van der Waals surface area contributed by atoms with E-state index in [0.29, 0.717) is 12.1 Å². The Morgan fingerprint density at radius 2 is 2.11 bits per heavy atom. The summed E-state index contributed by atoms with van der Waals surface area (Å²) in [5.41, 5.74) is 1.37. The van der Waals surface area contributed by atoms with Crippen LogP contribution in [-0.2, 0) is 0 Å². The van der Waals surface area contributed by atoms with Gasteiger partial charge in [-0.05, 0) is 31.0 Å². The van der Waals surface area contributed by atoms with Crippen LogP contribution >= 0.6 is 0 Å². The predicted octanol–water partition coefficient (Wildman–Crippen LogP) is 2.83. The lowest BCUT2D eigenvalue weighted by Crippen LogP contribution is -2.51. The Hall–Kier alpha value is -1.06. The van der Waals surface area contributed by atoms with Crippen molar-refractivity contribution in [2.45, 2.75) is 38.8 Å². The van der Waals surface area contributed by atoms with Crippen molar-refractivity contribution in [3.63, 3.8) is 0 Å². The van der Waals surface area contributed by atoms with Crippen molar-refractivity contribution in [2.75, 3.05) is 26.7 Å². The first-order chi connectivity index (χ1) is 9.24. The van der Waals surface area contributed by atoms with E-state index in [-0.39, 0.29) is 0 Å². The number of nitrogens with one attached hydrogen (secondary N) is 1. The van der Waals surface area contributed by atoms with E-state index in [4.69, 9.17) is 4.74 Å². The zero-order valence-corrected chi connectivity index (χ0v) is 12.4. The first kappa shape index (κ1) is 14.4. The van der Waals surface area contributed by atoms with Crippen LogP contribution in [-0.4, -0.2) is 37.7 Å². The quantitative estimate of drug-likeness (QED) is 0.883. The molecule has 0 aromatic heterocycles. The van der Waals surface area contributed by atoms with Gasteiger partial charge in [0.05, 0.1) is 7.11 Å². The Labute approximate surface area is 116 Å². The Balaban J connectivity index is 1.99. The Bertz CT molecular complexity index is 375. The van der Waals surface area contributed by atoms with Gasteiger partial charge in [0.2, 0.25) is 0 Å². The Morgan fingerprint density at radius 3 is 2.74 bits per heavy atom. The summed E-state index contributed by atoms with van der Waals surface area (Å²) in [7, 11) is 1.71. The maximum absolute atomic E-state index is 5.22. The second-order valence-electron chi connectivity index (χ2n) is 5.38. The molecule has 0 bridgehead atoms. The van der Waals surface area contributed by atoms with Crippen molar-refractivity contribution in [3.8, 4) is 5.75 Å². The number of ether oxygens (including phenoxy) is 1. The lowest BCUT2D eigenvalue weighted by atomic mass is 10.0. The van der Waals surface area contributed by atoms with Gasteiger partial charge < -0.3 is 10.1 Å². The van der Waals surface area contributed by atoms with E-state index >= 15 is 0 Å². The number of piperazine rings is 1. The number of hydrogen-bond acceptors (Lipinski definition) is 3. The molecular weight excluding hydrogens is 236 g/mol. The summed E-state index contributed by atoms with van der Waals surface area (Å²) in [5, 5.41) is 3.61. The molecule has 0 aliphatic carbocycles. The van der Waals surface area contributed by atoms with Gasteiger partial charge in [-0.2, -0.15) is 0 Å². The first-order valence-corrected chi connectivity index (χ1v) is 7.36. The molecule has 2 atom stereocenters. The SMILES string of the molecule is CCCC1CN(C(C)c2ccc(OC)cc2)CCN1. The molecule has 1 aliphatic rings. The molecule has 1 saturated heterocycles. The number of rotatable bonds is 5. The highest BCUT2D eigenvalue weighted by molar-refractivity contribution is 5.29. The fourth-order valence-electron chi connectivity index (χ4n) is 2.84. The van der Waals surface area contributed by atoms with E-state index in [1.807, 2.05) is 0 Å². The molecule has 0 spiro atoms. The van der Waals surface area contributed by atoms with Gasteiger partial charge >= 0.3 is 0 Å². The minimum absolute atomic E-state index is 0.479. The van der Waals surface area contributed by atoms with Gasteiger partial charge in [0.1, 0.15) is 5.75 Å². The van der Waals surface area contributed by atoms with Gasteiger partial charge in [-0.25, -0.2) is 0 Å². The summed E-state index contributed by atoms with van der Waals surface area (Å²) in [6, 6.07) is 9.60. The fourth-order valence-corrected chi connectivity index (χ4v) is 2.84. The van der Waals surface area contributed by atoms with E-state index in [1.165, 1.54) is 18.4 Å². The summed E-state index contributed by atoms with van der Waals surface area (Å²) in [6.45, 7) is 7.95. The molecule has 1 aliphatic heterocycles. The minimum atomic E-state index is 0.479. The van der Waals surface area contributed by atoms with E-state index in [0.717, 1.165) is 25.4 Å². The predicted molar refractivity (Wildman–Crippen MR) is 79.7 cm³/mol. The van der Waals surface area contributed by atoms with Gasteiger partial charge in [-0.15, -0.1) is 0 Å². The first-order valence-electron chi connectivity index (χ1n) is 7.36. The third-order valence-corrected chi connectivity index (χ3v) is 4.07. The number of methoxy groups -OCH3 is 1. The van der Waals surface area contributed by atoms with Crippen LogP contribution in [0.4, 0.5) is 0 Å². The van der Waals surface area contributed by atoms with Crippen LogP contribution in [0.15, 0.2) is 24.3 Å². The molecule has 2 rings (SSSR count). The molecule has 0 saturated carbocycles. The molecule has 1 aromatic carbocycles. The number of nitrogens with zero attached hydrogens (tertiary/aromatic N) is 1. The summed E-state index contributed by atoms with van der Waals surface area (Å²) >= 11 is 0. The summed E-state index contributed by atoms with van der Waals surface area (Å²) in [5.74, 6) is 0.931. The molecule has 106 valence electrons. The van der Waals surface area contributed by atoms with E-state index in [1.54, 1.807) is 7.11 Å². The monoisotopic (exact) mass is 262 g/mol. The largest absolute Gasteiger partial charge is 0.497 e. The van der Waals surface area contributed by atoms with Crippen LogP contribution in [0.2, 0.25) is 0 Å². The normalized spacial score (nSPS) is 22.2. The van der Waals surface area contributed by atoms with Crippen LogP contribution in [0.3, 0.4) is 0 Å². The maximum atomic E-state index is 5.22. The number of benzene rings is 1. The van der Waals surface area contributed by atoms with Gasteiger partial charge in [0, 0.05) is 31.7 Å². The van der Waals surface area contributed by atoms with Crippen molar-refractivity contribution in [2.24, 2.45) is 0 Å². The van der Waals surface area contributed by atoms with Crippen molar-refractivity contribution in [1.29, 1.82) is 0 Å². The highest BCUT2D eigenvalue weighted by Gasteiger charge is 2.23. The standard InChI is InChI=1S/C16H26N2O/c1-4-5-15-12-18(11-10-17-15)13(2)14-6-8-16(19-3)9-7-14/h6-9,13,15,17H,4-5,10-12H2,1-3H3. The molecule has 1 fully saturated rings. The van der Waals surface area contributed by atoms with Gasteiger partial charge in [0.25, 0.3) is 0 Å². The second-order valence-corrected chi connectivity index (χ2v) is 5.38. The molecule has 1 N–H and O–H groups in total. The van der Waals surface area contributed by atoms with Crippen LogP contribution in [0.1, 0.15) is 38.3 Å². The summed E-state index contributed by atoms with van der Waals surface area (Å²) < 4.78 is 5.22. The molecule has 3 heteroatoms. The molecule has 1 heterocycles. The smallest absolute Gasteiger partial charge is 0.118 e.